The summed E-state index contributed by atoms with van der Waals surface area (Å²) in [6.07, 6.45) is 8.96. The van der Waals surface area contributed by atoms with Crippen LogP contribution in [0.3, 0.4) is 0 Å². The summed E-state index contributed by atoms with van der Waals surface area (Å²) in [7, 11) is 3.92. The van der Waals surface area contributed by atoms with Gasteiger partial charge in [0.2, 0.25) is 0 Å². The van der Waals surface area contributed by atoms with Gasteiger partial charge in [-0.05, 0) is 0 Å². The molecule has 12 heavy (non-hydrogen) atoms. The molecular weight excluding hydrogens is 148 g/mol. The first kappa shape index (κ1) is 8.82. The fourth-order valence-corrected chi connectivity index (χ4v) is 1.08. The molecule has 0 bridgehead atoms. The Bertz CT molecular complexity index is 291. The van der Waals surface area contributed by atoms with Crippen molar-refractivity contribution in [2.45, 2.75) is 6.92 Å². The normalized spacial score (nSPS) is 9.42. The van der Waals surface area contributed by atoms with E-state index in [1.54, 1.807) is 0 Å². The Morgan fingerprint density at radius 3 is 2.75 bits per heavy atom. The van der Waals surface area contributed by atoms with Crippen LogP contribution in [0.25, 0.3) is 0 Å². The first-order valence-electron chi connectivity index (χ1n) is 3.78. The minimum absolute atomic E-state index is 0.841. The maximum absolute atomic E-state index is 7.00. The van der Waals surface area contributed by atoms with Gasteiger partial charge in [-0.25, -0.2) is 0 Å². The minimum atomic E-state index is 0.841. The predicted molar refractivity (Wildman–Crippen MR) is 49.6 cm³/mol. The molecule has 0 aliphatic heterocycles. The molecule has 0 amide bonds. The average Bonchev–Trinajstić information content (AvgIpc) is 2.50. The van der Waals surface area contributed by atoms with Gasteiger partial charge in [0.1, 0.15) is 0 Å². The molecule has 2 nitrogen and oxygen atoms in total. The van der Waals surface area contributed by atoms with E-state index in [-0.39, 0.29) is 0 Å². The van der Waals surface area contributed by atoms with Gasteiger partial charge in [0, 0.05) is 0 Å². The van der Waals surface area contributed by atoms with Crippen molar-refractivity contribution in [3.8, 4) is 5.92 Å². The van der Waals surface area contributed by atoms with Crippen LogP contribution in [0.1, 0.15) is 12.6 Å². The molecule has 1 aromatic heterocycles. The van der Waals surface area contributed by atoms with Crippen molar-refractivity contribution in [3.63, 3.8) is 0 Å². The zero-order valence-corrected chi connectivity index (χ0v) is 7.63. The fraction of sp³-hybridized carbons (Fsp3) is 0.300. The van der Waals surface area contributed by atoms with E-state index in [4.69, 9.17) is 6.42 Å². The molecule has 1 rings (SSSR count). The summed E-state index contributed by atoms with van der Waals surface area (Å²) in [4.78, 5) is 0. The zero-order chi connectivity index (χ0) is 9.14. The van der Waals surface area contributed by atoms with Crippen molar-refractivity contribution < 1.29 is 0 Å². The Balaban J connectivity index is 3.01. The molecule has 0 unspecified atom stereocenters. The molecule has 0 saturated heterocycles. The van der Waals surface area contributed by atoms with Crippen molar-refractivity contribution in [2.75, 3.05) is 19.1 Å². The van der Waals surface area contributed by atoms with E-state index in [9.17, 15) is 0 Å². The first-order chi connectivity index (χ1) is 5.66. The third-order valence-electron chi connectivity index (χ3n) is 1.73. The summed E-state index contributed by atoms with van der Waals surface area (Å²) in [5.74, 6) is 3.22. The molecular formula is C10H12N2. The monoisotopic (exact) mass is 160 g/mol. The Hall–Kier alpha value is -1.27. The number of rotatable bonds is 2. The summed E-state index contributed by atoms with van der Waals surface area (Å²) in [5.41, 5.74) is 1.01. The number of aromatic nitrogens is 1. The first-order valence-corrected chi connectivity index (χ1v) is 3.78. The van der Waals surface area contributed by atoms with Gasteiger partial charge in [0.05, 0.1) is 0 Å². The summed E-state index contributed by atoms with van der Waals surface area (Å²) in [6, 6.07) is 3.92. The molecule has 0 aliphatic carbocycles. The second kappa shape index (κ2) is 3.42. The Morgan fingerprint density at radius 2 is 2.25 bits per heavy atom. The molecule has 0 atom stereocenters. The molecule has 62 valence electrons. The van der Waals surface area contributed by atoms with Crippen LogP contribution in [-0.2, 0) is 0 Å². The third-order valence-corrected chi connectivity index (χ3v) is 1.73. The molecule has 0 spiro atoms. The number of hydrogen-bond donors (Lipinski definition) is 0. The SMILES string of the molecule is [C+]#C[C-](C)c1cccn1N(C)C. The van der Waals surface area contributed by atoms with Gasteiger partial charge in [-0.3, -0.25) is 0 Å². The van der Waals surface area contributed by atoms with Crippen LogP contribution in [0.15, 0.2) is 18.3 Å². The molecule has 0 N–H and O–H groups in total. The van der Waals surface area contributed by atoms with Crippen LogP contribution in [-0.4, -0.2) is 18.8 Å². The molecule has 1 heterocycles. The molecule has 0 aliphatic rings. The number of hydrogen-bond acceptors (Lipinski definition) is 1. The average molecular weight is 160 g/mol. The van der Waals surface area contributed by atoms with E-state index < -0.39 is 0 Å². The van der Waals surface area contributed by atoms with Crippen LogP contribution in [0.4, 0.5) is 0 Å². The fourth-order valence-electron chi connectivity index (χ4n) is 1.08. The quantitative estimate of drug-likeness (QED) is 0.466. The molecule has 2 heteroatoms. The van der Waals surface area contributed by atoms with E-state index in [0.29, 0.717) is 0 Å². The standard InChI is InChI=1S/C10H12N2/c1-5-9(2)10-7-6-8-12(10)11(3)4/h6-8H,2-4H3. The van der Waals surface area contributed by atoms with Gasteiger partial charge in [0.15, 0.2) is 0 Å². The van der Waals surface area contributed by atoms with Gasteiger partial charge in [-0.1, -0.05) is 0 Å². The summed E-state index contributed by atoms with van der Waals surface area (Å²) >= 11 is 0. The third kappa shape index (κ3) is 1.49. The molecule has 0 radical (unpaired) electrons. The van der Waals surface area contributed by atoms with Crippen LogP contribution in [0.5, 0.6) is 0 Å². The van der Waals surface area contributed by atoms with Gasteiger partial charge in [-0.15, -0.1) is 0 Å². The molecule has 0 aromatic carbocycles. The van der Waals surface area contributed by atoms with Gasteiger partial charge >= 0.3 is 73.0 Å². The van der Waals surface area contributed by atoms with Crippen LogP contribution >= 0.6 is 0 Å². The van der Waals surface area contributed by atoms with E-state index in [0.717, 1.165) is 11.6 Å². The van der Waals surface area contributed by atoms with E-state index in [1.807, 2.05) is 49.0 Å². The van der Waals surface area contributed by atoms with Gasteiger partial charge in [-0.2, -0.15) is 0 Å². The Morgan fingerprint density at radius 1 is 1.58 bits per heavy atom. The van der Waals surface area contributed by atoms with Crippen LogP contribution in [0.2, 0.25) is 0 Å². The predicted octanol–water partition coefficient (Wildman–Crippen LogP) is 1.22. The Kier molecular flexibility index (Phi) is 2.51. The van der Waals surface area contributed by atoms with Gasteiger partial charge in [0.25, 0.3) is 0 Å². The Labute approximate surface area is 73.8 Å². The molecule has 0 saturated carbocycles. The van der Waals surface area contributed by atoms with E-state index in [2.05, 4.69) is 5.92 Å². The van der Waals surface area contributed by atoms with Gasteiger partial charge < -0.3 is 0 Å². The summed E-state index contributed by atoms with van der Waals surface area (Å²) in [5, 5.41) is 1.95. The van der Waals surface area contributed by atoms with E-state index >= 15 is 0 Å². The maximum atomic E-state index is 7.00. The summed E-state index contributed by atoms with van der Waals surface area (Å²) in [6.45, 7) is 1.88. The van der Waals surface area contributed by atoms with Crippen molar-refractivity contribution in [1.82, 2.24) is 4.68 Å². The van der Waals surface area contributed by atoms with Crippen molar-refractivity contribution in [2.24, 2.45) is 0 Å². The van der Waals surface area contributed by atoms with Crippen molar-refractivity contribution in [1.29, 1.82) is 0 Å². The van der Waals surface area contributed by atoms with Crippen LogP contribution < -0.4 is 5.01 Å². The number of nitrogens with zero attached hydrogens (tertiary/aromatic N) is 2. The van der Waals surface area contributed by atoms with Crippen molar-refractivity contribution in [3.05, 3.63) is 36.4 Å². The van der Waals surface area contributed by atoms with Crippen LogP contribution in [0, 0.1) is 18.3 Å². The summed E-state index contributed by atoms with van der Waals surface area (Å²) < 4.78 is 1.97. The second-order valence-corrected chi connectivity index (χ2v) is 2.84. The van der Waals surface area contributed by atoms with Crippen molar-refractivity contribution >= 4 is 0 Å². The molecule has 0 fully saturated rings. The second-order valence-electron chi connectivity index (χ2n) is 2.84. The molecule has 1 aromatic rings. The zero-order valence-electron chi connectivity index (χ0n) is 7.63. The topological polar surface area (TPSA) is 8.17 Å². The van der Waals surface area contributed by atoms with E-state index in [1.165, 1.54) is 0 Å².